The molecule has 4 rings (SSSR count). The van der Waals surface area contributed by atoms with Gasteiger partial charge >= 0.3 is 0 Å². The fraction of sp³-hybridized carbons (Fsp3) is 0.423. The van der Waals surface area contributed by atoms with Gasteiger partial charge in [-0.25, -0.2) is 0 Å². The van der Waals surface area contributed by atoms with Gasteiger partial charge in [0.15, 0.2) is 0 Å². The number of amides is 1. The maximum absolute atomic E-state index is 12.5. The molecular formula is C26H32N2O2. The molecule has 0 aromatic heterocycles. The van der Waals surface area contributed by atoms with Crippen LogP contribution in [0.2, 0.25) is 0 Å². The summed E-state index contributed by atoms with van der Waals surface area (Å²) in [6.07, 6.45) is 8.29. The molecule has 2 aliphatic heterocycles. The van der Waals surface area contributed by atoms with Crippen molar-refractivity contribution >= 4 is 17.7 Å². The van der Waals surface area contributed by atoms with Gasteiger partial charge in [0.2, 0.25) is 5.91 Å². The van der Waals surface area contributed by atoms with Gasteiger partial charge in [-0.2, -0.15) is 0 Å². The molecule has 1 atom stereocenters. The molecule has 1 unspecified atom stereocenters. The average Bonchev–Trinajstić information content (AvgIpc) is 2.94. The van der Waals surface area contributed by atoms with Crippen molar-refractivity contribution in [2.45, 2.75) is 57.5 Å². The van der Waals surface area contributed by atoms with Gasteiger partial charge in [0.25, 0.3) is 0 Å². The standard InChI is InChI=1S/C26H32N2O2/c1-4-5-8-19-30-21-13-11-20(12-14-21)15-17-26-25(2,3)22-9-6-7-10-23(22)28(26)18-16-24(29)27-26/h6-7,9-15,17H,4-5,8,16,18-19H2,1-3H3,(H,27,29)/b17-15+. The summed E-state index contributed by atoms with van der Waals surface area (Å²) in [5, 5.41) is 3.33. The summed E-state index contributed by atoms with van der Waals surface area (Å²) < 4.78 is 5.83. The number of benzene rings is 2. The van der Waals surface area contributed by atoms with Crippen molar-refractivity contribution in [3.63, 3.8) is 0 Å². The number of fused-ring (bicyclic) bond motifs is 3. The summed E-state index contributed by atoms with van der Waals surface area (Å²) in [7, 11) is 0. The van der Waals surface area contributed by atoms with Gasteiger partial charge in [0.05, 0.1) is 6.61 Å². The van der Waals surface area contributed by atoms with E-state index in [1.807, 2.05) is 12.1 Å². The second-order valence-electron chi connectivity index (χ2n) is 8.82. The Hall–Kier alpha value is -2.75. The smallest absolute Gasteiger partial charge is 0.223 e. The third-order valence-corrected chi connectivity index (χ3v) is 6.55. The topological polar surface area (TPSA) is 41.6 Å². The van der Waals surface area contributed by atoms with Crippen molar-refractivity contribution in [1.82, 2.24) is 5.32 Å². The lowest BCUT2D eigenvalue weighted by molar-refractivity contribution is -0.124. The van der Waals surface area contributed by atoms with Crippen LogP contribution in [-0.2, 0) is 10.2 Å². The molecule has 0 spiro atoms. The number of hydrogen-bond acceptors (Lipinski definition) is 3. The predicted molar refractivity (Wildman–Crippen MR) is 123 cm³/mol. The van der Waals surface area contributed by atoms with Crippen molar-refractivity contribution in [2.75, 3.05) is 18.1 Å². The number of unbranched alkanes of at least 4 members (excludes halogenated alkanes) is 2. The molecule has 0 aliphatic carbocycles. The van der Waals surface area contributed by atoms with Gasteiger partial charge in [0, 0.05) is 24.1 Å². The highest BCUT2D eigenvalue weighted by molar-refractivity contribution is 5.84. The Labute approximate surface area is 179 Å². The number of carbonyl (C=O) groups excluding carboxylic acids is 1. The van der Waals surface area contributed by atoms with E-state index in [-0.39, 0.29) is 11.3 Å². The Morgan fingerprint density at radius 2 is 1.87 bits per heavy atom. The Morgan fingerprint density at radius 1 is 1.10 bits per heavy atom. The van der Waals surface area contributed by atoms with E-state index < -0.39 is 5.66 Å². The lowest BCUT2D eigenvalue weighted by Crippen LogP contribution is -2.68. The van der Waals surface area contributed by atoms with Gasteiger partial charge in [-0.1, -0.05) is 70.0 Å². The van der Waals surface area contributed by atoms with E-state index in [0.717, 1.165) is 30.9 Å². The van der Waals surface area contributed by atoms with Crippen LogP contribution in [0.1, 0.15) is 57.6 Å². The van der Waals surface area contributed by atoms with E-state index in [2.05, 4.69) is 79.5 Å². The van der Waals surface area contributed by atoms with Crippen molar-refractivity contribution in [1.29, 1.82) is 0 Å². The molecule has 0 saturated carbocycles. The van der Waals surface area contributed by atoms with Crippen LogP contribution in [0, 0.1) is 0 Å². The van der Waals surface area contributed by atoms with Crippen LogP contribution in [0.4, 0.5) is 5.69 Å². The minimum Gasteiger partial charge on any atom is -0.494 e. The lowest BCUT2D eigenvalue weighted by Gasteiger charge is -2.49. The minimum atomic E-state index is -0.568. The van der Waals surface area contributed by atoms with Crippen LogP contribution in [0.25, 0.3) is 6.08 Å². The highest BCUT2D eigenvalue weighted by Crippen LogP contribution is 2.52. The molecule has 158 valence electrons. The Kier molecular flexibility index (Phi) is 5.59. The van der Waals surface area contributed by atoms with Crippen LogP contribution in [0.5, 0.6) is 5.75 Å². The van der Waals surface area contributed by atoms with Gasteiger partial charge in [-0.15, -0.1) is 0 Å². The van der Waals surface area contributed by atoms with E-state index in [9.17, 15) is 4.79 Å². The third-order valence-electron chi connectivity index (χ3n) is 6.55. The van der Waals surface area contributed by atoms with Crippen molar-refractivity contribution in [3.8, 4) is 5.75 Å². The second-order valence-corrected chi connectivity index (χ2v) is 8.82. The Bertz CT molecular complexity index is 932. The first-order chi connectivity index (χ1) is 14.5. The Morgan fingerprint density at radius 3 is 2.63 bits per heavy atom. The third kappa shape index (κ3) is 3.49. The molecule has 2 aliphatic rings. The second kappa shape index (κ2) is 8.17. The van der Waals surface area contributed by atoms with Gasteiger partial charge in [-0.05, 0) is 41.8 Å². The summed E-state index contributed by atoms with van der Waals surface area (Å²) in [4.78, 5) is 14.8. The molecule has 4 nitrogen and oxygen atoms in total. The maximum Gasteiger partial charge on any atom is 0.223 e. The monoisotopic (exact) mass is 404 g/mol. The van der Waals surface area contributed by atoms with Crippen molar-refractivity contribution in [3.05, 3.63) is 65.7 Å². The van der Waals surface area contributed by atoms with E-state index in [4.69, 9.17) is 4.74 Å². The quantitative estimate of drug-likeness (QED) is 0.638. The van der Waals surface area contributed by atoms with E-state index in [1.54, 1.807) is 0 Å². The highest BCUT2D eigenvalue weighted by Gasteiger charge is 2.57. The number of hydrogen-bond donors (Lipinski definition) is 1. The van der Waals surface area contributed by atoms with Gasteiger partial charge < -0.3 is 15.0 Å². The predicted octanol–water partition coefficient (Wildman–Crippen LogP) is 5.28. The SMILES string of the molecule is CCCCCOc1ccc(/C=C/C23NC(=O)CCN2c2ccccc2C3(C)C)cc1. The molecule has 2 heterocycles. The van der Waals surface area contributed by atoms with Gasteiger partial charge in [0.1, 0.15) is 11.4 Å². The fourth-order valence-corrected chi connectivity index (χ4v) is 4.75. The van der Waals surface area contributed by atoms with Crippen LogP contribution in [0.15, 0.2) is 54.6 Å². The summed E-state index contributed by atoms with van der Waals surface area (Å²) >= 11 is 0. The van der Waals surface area contributed by atoms with E-state index in [0.29, 0.717) is 6.42 Å². The molecule has 1 fully saturated rings. The van der Waals surface area contributed by atoms with Crippen molar-refractivity contribution < 1.29 is 9.53 Å². The van der Waals surface area contributed by atoms with E-state index >= 15 is 0 Å². The molecule has 2 aromatic rings. The lowest BCUT2D eigenvalue weighted by atomic mass is 9.74. The summed E-state index contributed by atoms with van der Waals surface area (Å²) in [6, 6.07) is 16.7. The maximum atomic E-state index is 12.5. The fourth-order valence-electron chi connectivity index (χ4n) is 4.75. The number of carbonyl (C=O) groups is 1. The summed E-state index contributed by atoms with van der Waals surface area (Å²) in [5.41, 5.74) is 2.76. The minimum absolute atomic E-state index is 0.104. The zero-order chi connectivity index (χ0) is 21.2. The number of para-hydroxylation sites is 1. The number of nitrogens with one attached hydrogen (secondary N) is 1. The largest absolute Gasteiger partial charge is 0.494 e. The van der Waals surface area contributed by atoms with Crippen LogP contribution in [0.3, 0.4) is 0 Å². The molecule has 1 amide bonds. The first kappa shape index (κ1) is 20.5. The molecule has 4 heteroatoms. The normalized spacial score (nSPS) is 22.0. The molecule has 30 heavy (non-hydrogen) atoms. The number of anilines is 1. The van der Waals surface area contributed by atoms with E-state index in [1.165, 1.54) is 24.1 Å². The first-order valence-electron chi connectivity index (χ1n) is 11.1. The van der Waals surface area contributed by atoms with Crippen LogP contribution < -0.4 is 15.0 Å². The molecule has 0 bridgehead atoms. The van der Waals surface area contributed by atoms with Crippen LogP contribution in [-0.4, -0.2) is 24.7 Å². The Balaban J connectivity index is 1.59. The molecule has 2 aromatic carbocycles. The number of nitrogens with zero attached hydrogens (tertiary/aromatic N) is 1. The zero-order valence-corrected chi connectivity index (χ0v) is 18.3. The highest BCUT2D eigenvalue weighted by atomic mass is 16.5. The van der Waals surface area contributed by atoms with Crippen LogP contribution >= 0.6 is 0 Å². The summed E-state index contributed by atoms with van der Waals surface area (Å²) in [6.45, 7) is 8.12. The average molecular weight is 405 g/mol. The molecule has 1 saturated heterocycles. The first-order valence-corrected chi connectivity index (χ1v) is 11.1. The molecular weight excluding hydrogens is 372 g/mol. The van der Waals surface area contributed by atoms with Gasteiger partial charge in [-0.3, -0.25) is 4.79 Å². The number of ether oxygens (including phenoxy) is 1. The molecule has 1 N–H and O–H groups in total. The summed E-state index contributed by atoms with van der Waals surface area (Å²) in [5.74, 6) is 1.01. The zero-order valence-electron chi connectivity index (χ0n) is 18.3. The number of rotatable bonds is 7. The van der Waals surface area contributed by atoms with Crippen molar-refractivity contribution in [2.24, 2.45) is 0 Å². The molecule has 0 radical (unpaired) electrons.